The van der Waals surface area contributed by atoms with Crippen molar-refractivity contribution in [3.8, 4) is 11.5 Å². The molecule has 3 N–H and O–H groups in total. The van der Waals surface area contributed by atoms with E-state index in [0.29, 0.717) is 36.7 Å². The number of thiocarbonyl (C=S) groups is 1. The lowest BCUT2D eigenvalue weighted by Crippen LogP contribution is -2.42. The van der Waals surface area contributed by atoms with Gasteiger partial charge < -0.3 is 20.5 Å². The quantitative estimate of drug-likeness (QED) is 0.721. The van der Waals surface area contributed by atoms with Crippen LogP contribution in [0.4, 0.5) is 0 Å². The standard InChI is InChI=1S/C15H22N2O3S/c1-4-11(14(16)21)17-15(18)10-7-8-12(19-5-2)13(9-10)20-6-3/h7-9,11H,4-6H2,1-3H3,(H2,16,21)(H,17,18). The number of nitrogens with two attached hydrogens (primary N) is 1. The first-order chi connectivity index (χ1) is 10.0. The van der Waals surface area contributed by atoms with Gasteiger partial charge in [0.1, 0.15) is 0 Å². The molecule has 21 heavy (non-hydrogen) atoms. The number of carbonyl (C=O) groups is 1. The summed E-state index contributed by atoms with van der Waals surface area (Å²) in [7, 11) is 0. The number of nitrogens with one attached hydrogen (secondary N) is 1. The minimum Gasteiger partial charge on any atom is -0.490 e. The van der Waals surface area contributed by atoms with E-state index in [1.54, 1.807) is 18.2 Å². The maximum atomic E-state index is 12.2. The van der Waals surface area contributed by atoms with Crippen molar-refractivity contribution in [1.29, 1.82) is 0 Å². The fourth-order valence-electron chi connectivity index (χ4n) is 1.81. The van der Waals surface area contributed by atoms with Gasteiger partial charge in [0.05, 0.1) is 24.2 Å². The zero-order chi connectivity index (χ0) is 15.8. The van der Waals surface area contributed by atoms with Crippen LogP contribution in [0.3, 0.4) is 0 Å². The van der Waals surface area contributed by atoms with Crippen molar-refractivity contribution in [2.75, 3.05) is 13.2 Å². The average molecular weight is 310 g/mol. The zero-order valence-electron chi connectivity index (χ0n) is 12.6. The third kappa shape index (κ3) is 4.90. The van der Waals surface area contributed by atoms with Crippen LogP contribution in [0, 0.1) is 0 Å². The van der Waals surface area contributed by atoms with Crippen molar-refractivity contribution < 1.29 is 14.3 Å². The Morgan fingerprint density at radius 1 is 1.24 bits per heavy atom. The highest BCUT2D eigenvalue weighted by Crippen LogP contribution is 2.28. The van der Waals surface area contributed by atoms with Crippen LogP contribution in [0.25, 0.3) is 0 Å². The van der Waals surface area contributed by atoms with Crippen molar-refractivity contribution in [1.82, 2.24) is 5.32 Å². The van der Waals surface area contributed by atoms with Crippen LogP contribution in [0.15, 0.2) is 18.2 Å². The molecule has 0 spiro atoms. The predicted octanol–water partition coefficient (Wildman–Crippen LogP) is 2.28. The third-order valence-corrected chi connectivity index (χ3v) is 3.15. The number of benzene rings is 1. The summed E-state index contributed by atoms with van der Waals surface area (Å²) < 4.78 is 11.0. The average Bonchev–Trinajstić information content (AvgIpc) is 2.46. The minimum atomic E-state index is -0.311. The summed E-state index contributed by atoms with van der Waals surface area (Å²) in [6.07, 6.45) is 0.649. The molecule has 1 aromatic rings. The fourth-order valence-corrected chi connectivity index (χ4v) is 2.03. The number of rotatable bonds is 8. The third-order valence-electron chi connectivity index (χ3n) is 2.86. The number of ether oxygens (including phenoxy) is 2. The van der Waals surface area contributed by atoms with Gasteiger partial charge in [-0.05, 0) is 38.5 Å². The Hall–Kier alpha value is -1.82. The van der Waals surface area contributed by atoms with E-state index in [1.807, 2.05) is 20.8 Å². The Labute approximate surface area is 130 Å². The first-order valence-electron chi connectivity index (χ1n) is 7.03. The van der Waals surface area contributed by atoms with Crippen LogP contribution in [-0.2, 0) is 0 Å². The molecular formula is C15H22N2O3S. The van der Waals surface area contributed by atoms with Gasteiger partial charge in [-0.1, -0.05) is 19.1 Å². The van der Waals surface area contributed by atoms with Crippen LogP contribution in [0.2, 0.25) is 0 Å². The van der Waals surface area contributed by atoms with E-state index in [9.17, 15) is 4.79 Å². The molecule has 1 unspecified atom stereocenters. The molecule has 0 aliphatic heterocycles. The lowest BCUT2D eigenvalue weighted by atomic mass is 10.1. The molecule has 1 aromatic carbocycles. The van der Waals surface area contributed by atoms with Crippen molar-refractivity contribution in [2.45, 2.75) is 33.2 Å². The van der Waals surface area contributed by atoms with Gasteiger partial charge in [-0.2, -0.15) is 0 Å². The predicted molar refractivity (Wildman–Crippen MR) is 87.1 cm³/mol. The monoisotopic (exact) mass is 310 g/mol. The highest BCUT2D eigenvalue weighted by molar-refractivity contribution is 7.80. The van der Waals surface area contributed by atoms with Crippen molar-refractivity contribution in [2.24, 2.45) is 5.73 Å². The molecule has 0 aliphatic rings. The van der Waals surface area contributed by atoms with E-state index in [0.717, 1.165) is 0 Å². The van der Waals surface area contributed by atoms with Crippen LogP contribution in [-0.4, -0.2) is 30.2 Å². The van der Waals surface area contributed by atoms with E-state index in [2.05, 4.69) is 5.32 Å². The summed E-state index contributed by atoms with van der Waals surface area (Å²) in [4.78, 5) is 12.5. The van der Waals surface area contributed by atoms with Gasteiger partial charge in [0.2, 0.25) is 0 Å². The maximum absolute atomic E-state index is 12.2. The lowest BCUT2D eigenvalue weighted by molar-refractivity contribution is 0.0946. The van der Waals surface area contributed by atoms with Gasteiger partial charge in [-0.3, -0.25) is 4.79 Å². The summed E-state index contributed by atoms with van der Waals surface area (Å²) in [6, 6.07) is 4.77. The van der Waals surface area contributed by atoms with Gasteiger partial charge in [0.15, 0.2) is 11.5 Å². The second kappa shape index (κ2) is 8.46. The van der Waals surface area contributed by atoms with Gasteiger partial charge in [0, 0.05) is 5.56 Å². The molecular weight excluding hydrogens is 288 g/mol. The molecule has 6 heteroatoms. The van der Waals surface area contributed by atoms with Crippen molar-refractivity contribution >= 4 is 23.1 Å². The Balaban J connectivity index is 2.94. The van der Waals surface area contributed by atoms with Gasteiger partial charge in [-0.25, -0.2) is 0 Å². The minimum absolute atomic E-state index is 0.237. The SMILES string of the molecule is CCOc1ccc(C(=O)NC(CC)C(N)=S)cc1OCC. The second-order valence-electron chi connectivity index (χ2n) is 4.36. The van der Waals surface area contributed by atoms with Gasteiger partial charge >= 0.3 is 0 Å². The maximum Gasteiger partial charge on any atom is 0.251 e. The first kappa shape index (κ1) is 17.2. The Kier molecular flexibility index (Phi) is 6.94. The molecule has 0 fully saturated rings. The summed E-state index contributed by atoms with van der Waals surface area (Å²) in [6.45, 7) is 6.71. The normalized spacial score (nSPS) is 11.6. The topological polar surface area (TPSA) is 73.6 Å². The molecule has 116 valence electrons. The van der Waals surface area contributed by atoms with Crippen molar-refractivity contribution in [3.05, 3.63) is 23.8 Å². The summed E-state index contributed by atoms with van der Waals surface area (Å²) >= 11 is 4.93. The molecule has 0 aromatic heterocycles. The highest BCUT2D eigenvalue weighted by Gasteiger charge is 2.16. The van der Waals surface area contributed by atoms with Crippen LogP contribution < -0.4 is 20.5 Å². The van der Waals surface area contributed by atoms with Crippen molar-refractivity contribution in [3.63, 3.8) is 0 Å². The van der Waals surface area contributed by atoms with Gasteiger partial charge in [-0.15, -0.1) is 0 Å². The molecule has 0 aliphatic carbocycles. The van der Waals surface area contributed by atoms with Crippen LogP contribution in [0.5, 0.6) is 11.5 Å². The van der Waals surface area contributed by atoms with Crippen LogP contribution in [0.1, 0.15) is 37.6 Å². The summed E-state index contributed by atoms with van der Waals surface area (Å²) in [5.74, 6) is 0.936. The Bertz CT molecular complexity index is 506. The molecule has 1 rings (SSSR count). The molecule has 0 radical (unpaired) electrons. The zero-order valence-corrected chi connectivity index (χ0v) is 13.5. The highest BCUT2D eigenvalue weighted by atomic mass is 32.1. The van der Waals surface area contributed by atoms with E-state index >= 15 is 0 Å². The summed E-state index contributed by atoms with van der Waals surface area (Å²) in [5.41, 5.74) is 6.07. The van der Waals surface area contributed by atoms with E-state index in [4.69, 9.17) is 27.4 Å². The molecule has 0 saturated carbocycles. The van der Waals surface area contributed by atoms with Gasteiger partial charge in [0.25, 0.3) is 5.91 Å². The Morgan fingerprint density at radius 2 is 1.86 bits per heavy atom. The molecule has 5 nitrogen and oxygen atoms in total. The molecule has 0 bridgehead atoms. The smallest absolute Gasteiger partial charge is 0.251 e. The molecule has 0 saturated heterocycles. The molecule has 0 heterocycles. The number of carbonyl (C=O) groups excluding carboxylic acids is 1. The largest absolute Gasteiger partial charge is 0.490 e. The van der Waals surface area contributed by atoms with E-state index in [1.165, 1.54) is 0 Å². The Morgan fingerprint density at radius 3 is 2.38 bits per heavy atom. The summed E-state index contributed by atoms with van der Waals surface area (Å²) in [5, 5.41) is 2.80. The number of amides is 1. The fraction of sp³-hybridized carbons (Fsp3) is 0.467. The van der Waals surface area contributed by atoms with E-state index in [-0.39, 0.29) is 16.9 Å². The lowest BCUT2D eigenvalue weighted by Gasteiger charge is -2.16. The number of hydrogen-bond acceptors (Lipinski definition) is 4. The second-order valence-corrected chi connectivity index (χ2v) is 4.84. The van der Waals surface area contributed by atoms with Crippen LogP contribution >= 0.6 is 12.2 Å². The molecule has 1 amide bonds. The van der Waals surface area contributed by atoms with E-state index < -0.39 is 0 Å². The molecule has 1 atom stereocenters. The number of hydrogen-bond donors (Lipinski definition) is 2. The first-order valence-corrected chi connectivity index (χ1v) is 7.44.